The number of aromatic amines is 1. The van der Waals surface area contributed by atoms with Gasteiger partial charge in [0, 0.05) is 30.9 Å². The summed E-state index contributed by atoms with van der Waals surface area (Å²) in [4.78, 5) is 20.3. The van der Waals surface area contributed by atoms with Gasteiger partial charge >= 0.3 is 11.9 Å². The highest BCUT2D eigenvalue weighted by Gasteiger charge is 2.30. The Hall–Kier alpha value is -3.11. The number of aromatic nitrogens is 5. The molecule has 3 rings (SSSR count). The number of rotatable bonds is 5. The zero-order chi connectivity index (χ0) is 20.5. The average Bonchev–Trinajstić information content (AvgIpc) is 2.99. The highest BCUT2D eigenvalue weighted by atomic mass is 19.4. The number of nitrogens with zero attached hydrogens (tertiary/aromatic N) is 4. The maximum absolute atomic E-state index is 12.7. The Bertz CT molecular complexity index is 1030. The summed E-state index contributed by atoms with van der Waals surface area (Å²) in [5, 5.41) is 12.2. The number of anilines is 2. The summed E-state index contributed by atoms with van der Waals surface area (Å²) in [6.07, 6.45) is -1.68. The van der Waals surface area contributed by atoms with Crippen LogP contribution in [0.25, 0.3) is 5.65 Å². The molecule has 3 heterocycles. The molecule has 0 fully saturated rings. The van der Waals surface area contributed by atoms with Crippen molar-refractivity contribution in [1.82, 2.24) is 24.6 Å². The van der Waals surface area contributed by atoms with Gasteiger partial charge in [-0.25, -0.2) is 24.3 Å². The Morgan fingerprint density at radius 3 is 2.57 bits per heavy atom. The first-order valence-corrected chi connectivity index (χ1v) is 8.55. The molecule has 0 aliphatic carbocycles. The molecular formula is C17H20F3N7O. The number of halogens is 3. The fourth-order valence-corrected chi connectivity index (χ4v) is 2.47. The summed E-state index contributed by atoms with van der Waals surface area (Å²) < 4.78 is 39.6. The highest BCUT2D eigenvalue weighted by molar-refractivity contribution is 5.62. The molecule has 0 spiro atoms. The van der Waals surface area contributed by atoms with E-state index in [1.165, 1.54) is 4.40 Å². The SMILES string of the molecule is CC(C)(C)c1cn2c(=O)[nH]nc2c(NCCNc2cc(C(F)(F)F)ccn2)n1. The second-order valence-electron chi connectivity index (χ2n) is 7.23. The Labute approximate surface area is 158 Å². The van der Waals surface area contributed by atoms with E-state index in [9.17, 15) is 18.0 Å². The molecule has 3 aromatic heterocycles. The van der Waals surface area contributed by atoms with Crippen LogP contribution in [0.2, 0.25) is 0 Å². The fraction of sp³-hybridized carbons (Fsp3) is 0.412. The summed E-state index contributed by atoms with van der Waals surface area (Å²) in [5.41, 5.74) is -0.400. The van der Waals surface area contributed by atoms with Crippen molar-refractivity contribution in [2.75, 3.05) is 23.7 Å². The first-order chi connectivity index (χ1) is 13.1. The molecule has 0 atom stereocenters. The lowest BCUT2D eigenvalue weighted by atomic mass is 9.93. The predicted molar refractivity (Wildman–Crippen MR) is 98.5 cm³/mol. The largest absolute Gasteiger partial charge is 0.416 e. The van der Waals surface area contributed by atoms with Crippen LogP contribution < -0.4 is 16.3 Å². The third-order valence-electron chi connectivity index (χ3n) is 3.98. The molecule has 0 aromatic carbocycles. The number of hydrogen-bond donors (Lipinski definition) is 3. The van der Waals surface area contributed by atoms with Gasteiger partial charge in [-0.15, -0.1) is 5.10 Å². The van der Waals surface area contributed by atoms with E-state index >= 15 is 0 Å². The van der Waals surface area contributed by atoms with Gasteiger partial charge < -0.3 is 10.6 Å². The smallest absolute Gasteiger partial charge is 0.368 e. The van der Waals surface area contributed by atoms with Gasteiger partial charge in [-0.3, -0.25) is 0 Å². The van der Waals surface area contributed by atoms with Gasteiger partial charge in [0.25, 0.3) is 0 Å². The quantitative estimate of drug-likeness (QED) is 0.575. The van der Waals surface area contributed by atoms with Crippen LogP contribution in [-0.2, 0) is 11.6 Å². The van der Waals surface area contributed by atoms with Crippen molar-refractivity contribution >= 4 is 17.3 Å². The van der Waals surface area contributed by atoms with Gasteiger partial charge in [0.1, 0.15) is 5.82 Å². The van der Waals surface area contributed by atoms with Crippen LogP contribution in [0.3, 0.4) is 0 Å². The minimum Gasteiger partial charge on any atom is -0.368 e. The van der Waals surface area contributed by atoms with E-state index in [0.29, 0.717) is 23.7 Å². The second kappa shape index (κ2) is 7.13. The normalized spacial score (nSPS) is 12.4. The van der Waals surface area contributed by atoms with Crippen LogP contribution in [0.1, 0.15) is 32.0 Å². The minimum absolute atomic E-state index is 0.120. The summed E-state index contributed by atoms with van der Waals surface area (Å²) in [7, 11) is 0. The number of pyridine rings is 1. The Kier molecular flexibility index (Phi) is 5.01. The molecule has 0 bridgehead atoms. The van der Waals surface area contributed by atoms with Gasteiger partial charge in [0.2, 0.25) is 5.65 Å². The van der Waals surface area contributed by atoms with Crippen molar-refractivity contribution in [2.45, 2.75) is 32.4 Å². The lowest BCUT2D eigenvalue weighted by molar-refractivity contribution is -0.137. The first-order valence-electron chi connectivity index (χ1n) is 8.55. The zero-order valence-electron chi connectivity index (χ0n) is 15.6. The van der Waals surface area contributed by atoms with Crippen LogP contribution in [-0.4, -0.2) is 37.7 Å². The van der Waals surface area contributed by atoms with Crippen molar-refractivity contribution in [2.24, 2.45) is 0 Å². The number of H-pyrrole nitrogens is 1. The average molecular weight is 395 g/mol. The van der Waals surface area contributed by atoms with E-state index in [2.05, 4.69) is 30.8 Å². The number of fused-ring (bicyclic) bond motifs is 1. The molecule has 0 unspecified atom stereocenters. The minimum atomic E-state index is -4.42. The molecule has 0 saturated heterocycles. The van der Waals surface area contributed by atoms with Crippen molar-refractivity contribution < 1.29 is 13.2 Å². The van der Waals surface area contributed by atoms with E-state index in [1.54, 1.807) is 6.20 Å². The Morgan fingerprint density at radius 1 is 1.18 bits per heavy atom. The molecule has 0 aliphatic heterocycles. The molecule has 8 nitrogen and oxygen atoms in total. The Balaban J connectivity index is 1.72. The molecule has 150 valence electrons. The number of alkyl halides is 3. The lowest BCUT2D eigenvalue weighted by Crippen LogP contribution is -2.21. The molecule has 0 amide bonds. The molecule has 3 aromatic rings. The van der Waals surface area contributed by atoms with E-state index in [1.807, 2.05) is 20.8 Å². The summed E-state index contributed by atoms with van der Waals surface area (Å²) in [6.45, 7) is 6.52. The van der Waals surface area contributed by atoms with Crippen LogP contribution in [0.15, 0.2) is 29.3 Å². The third kappa shape index (κ3) is 4.24. The van der Waals surface area contributed by atoms with E-state index in [0.717, 1.165) is 18.3 Å². The standard InChI is InChI=1S/C17H20F3N7O/c1-16(2,3)11-9-27-14(25-26-15(27)28)13(24-11)23-7-6-22-12-8-10(4-5-21-12)17(18,19)20/h4-5,8-9H,6-7H2,1-3H3,(H,21,22)(H,23,24)(H,26,28). The van der Waals surface area contributed by atoms with Crippen LogP contribution >= 0.6 is 0 Å². The molecular weight excluding hydrogens is 375 g/mol. The van der Waals surface area contributed by atoms with Gasteiger partial charge in [0.15, 0.2) is 5.82 Å². The van der Waals surface area contributed by atoms with E-state index in [-0.39, 0.29) is 23.5 Å². The third-order valence-corrected chi connectivity index (χ3v) is 3.98. The maximum Gasteiger partial charge on any atom is 0.416 e. The van der Waals surface area contributed by atoms with Crippen molar-refractivity contribution in [3.05, 3.63) is 46.3 Å². The van der Waals surface area contributed by atoms with Crippen LogP contribution in [0, 0.1) is 0 Å². The Morgan fingerprint density at radius 2 is 1.89 bits per heavy atom. The summed E-state index contributed by atoms with van der Waals surface area (Å²) in [6, 6.07) is 1.86. The summed E-state index contributed by atoms with van der Waals surface area (Å²) >= 11 is 0. The lowest BCUT2D eigenvalue weighted by Gasteiger charge is -2.19. The molecule has 28 heavy (non-hydrogen) atoms. The van der Waals surface area contributed by atoms with Crippen molar-refractivity contribution in [3.63, 3.8) is 0 Å². The molecule has 11 heteroatoms. The predicted octanol–water partition coefficient (Wildman–Crippen LogP) is 2.65. The van der Waals surface area contributed by atoms with Gasteiger partial charge in [-0.2, -0.15) is 13.2 Å². The van der Waals surface area contributed by atoms with Gasteiger partial charge in [0.05, 0.1) is 11.3 Å². The molecule has 0 radical (unpaired) electrons. The molecule has 0 aliphatic rings. The maximum atomic E-state index is 12.7. The first kappa shape index (κ1) is 19.6. The van der Waals surface area contributed by atoms with E-state index in [4.69, 9.17) is 0 Å². The molecule has 0 saturated carbocycles. The van der Waals surface area contributed by atoms with Gasteiger partial charge in [-0.05, 0) is 12.1 Å². The fourth-order valence-electron chi connectivity index (χ4n) is 2.47. The summed E-state index contributed by atoms with van der Waals surface area (Å²) in [5.74, 6) is 0.527. The number of hydrogen-bond acceptors (Lipinski definition) is 6. The van der Waals surface area contributed by atoms with Crippen molar-refractivity contribution in [1.29, 1.82) is 0 Å². The van der Waals surface area contributed by atoms with Crippen LogP contribution in [0.4, 0.5) is 24.8 Å². The van der Waals surface area contributed by atoms with Gasteiger partial charge in [-0.1, -0.05) is 20.8 Å². The highest BCUT2D eigenvalue weighted by Crippen LogP contribution is 2.29. The zero-order valence-corrected chi connectivity index (χ0v) is 15.6. The van der Waals surface area contributed by atoms with Crippen LogP contribution in [0.5, 0.6) is 0 Å². The number of nitrogens with one attached hydrogen (secondary N) is 3. The van der Waals surface area contributed by atoms with Crippen molar-refractivity contribution in [3.8, 4) is 0 Å². The second-order valence-corrected chi connectivity index (χ2v) is 7.23. The topological polar surface area (TPSA) is 100 Å². The van der Waals surface area contributed by atoms with E-state index < -0.39 is 11.7 Å². The molecule has 3 N–H and O–H groups in total. The monoisotopic (exact) mass is 395 g/mol.